The second kappa shape index (κ2) is 6.33. The van der Waals surface area contributed by atoms with Crippen LogP contribution in [0.1, 0.15) is 17.2 Å². The number of methoxy groups -OCH3 is 1. The maximum Gasteiger partial charge on any atom is 0.132 e. The third kappa shape index (κ3) is 3.35. The molecule has 2 rings (SSSR count). The lowest BCUT2D eigenvalue weighted by Crippen LogP contribution is -2.07. The first-order valence-electron chi connectivity index (χ1n) is 5.96. The van der Waals surface area contributed by atoms with E-state index >= 15 is 0 Å². The van der Waals surface area contributed by atoms with Gasteiger partial charge < -0.3 is 9.84 Å². The summed E-state index contributed by atoms with van der Waals surface area (Å²) in [5.74, 6) is -0.692. The molecule has 0 aliphatic rings. The summed E-state index contributed by atoms with van der Waals surface area (Å²) in [7, 11) is 1.41. The van der Waals surface area contributed by atoms with E-state index in [4.69, 9.17) is 4.74 Å². The summed E-state index contributed by atoms with van der Waals surface area (Å²) in [5.41, 5.74) is 0.644. The highest BCUT2D eigenvalue weighted by Crippen LogP contribution is 2.30. The van der Waals surface area contributed by atoms with Gasteiger partial charge in [-0.3, -0.25) is 0 Å². The molecule has 106 valence electrons. The Morgan fingerprint density at radius 3 is 2.65 bits per heavy atom. The van der Waals surface area contributed by atoms with Gasteiger partial charge in [0.25, 0.3) is 0 Å². The largest absolute Gasteiger partial charge is 0.496 e. The summed E-state index contributed by atoms with van der Waals surface area (Å²) < 4.78 is 32.7. The topological polar surface area (TPSA) is 29.5 Å². The Bertz CT molecular complexity index is 597. The van der Waals surface area contributed by atoms with E-state index in [1.165, 1.54) is 31.4 Å². The molecule has 0 spiro atoms. The number of hydrogen-bond acceptors (Lipinski definition) is 2. The first-order chi connectivity index (χ1) is 9.51. The molecule has 2 nitrogen and oxygen atoms in total. The van der Waals surface area contributed by atoms with Crippen LogP contribution >= 0.6 is 15.9 Å². The van der Waals surface area contributed by atoms with Crippen molar-refractivity contribution in [3.63, 3.8) is 0 Å². The fourth-order valence-corrected chi connectivity index (χ4v) is 2.59. The Morgan fingerprint density at radius 1 is 1.25 bits per heavy atom. The lowest BCUT2D eigenvalue weighted by molar-refractivity contribution is 0.169. The molecule has 1 atom stereocenters. The zero-order chi connectivity index (χ0) is 14.7. The van der Waals surface area contributed by atoms with Crippen LogP contribution in [-0.2, 0) is 6.42 Å². The molecule has 1 N–H and O–H groups in total. The second-order valence-electron chi connectivity index (χ2n) is 4.35. The van der Waals surface area contributed by atoms with Crippen molar-refractivity contribution in [2.24, 2.45) is 0 Å². The number of benzene rings is 2. The van der Waals surface area contributed by atoms with E-state index in [-0.39, 0.29) is 17.7 Å². The number of hydrogen-bond donors (Lipinski definition) is 1. The minimum atomic E-state index is -1.11. The van der Waals surface area contributed by atoms with Crippen LogP contribution in [0.25, 0.3) is 0 Å². The van der Waals surface area contributed by atoms with Crippen molar-refractivity contribution < 1.29 is 18.6 Å². The molecule has 5 heteroatoms. The van der Waals surface area contributed by atoms with Crippen molar-refractivity contribution >= 4 is 15.9 Å². The van der Waals surface area contributed by atoms with Gasteiger partial charge >= 0.3 is 0 Å². The normalized spacial score (nSPS) is 12.2. The molecule has 0 heterocycles. The molecule has 0 bridgehead atoms. The van der Waals surface area contributed by atoms with Crippen molar-refractivity contribution in [1.29, 1.82) is 0 Å². The molecule has 0 radical (unpaired) electrons. The van der Waals surface area contributed by atoms with Crippen LogP contribution in [0.5, 0.6) is 5.75 Å². The van der Waals surface area contributed by atoms with Gasteiger partial charge in [0.05, 0.1) is 18.8 Å². The zero-order valence-electron chi connectivity index (χ0n) is 10.7. The molecule has 0 aromatic heterocycles. The van der Waals surface area contributed by atoms with Gasteiger partial charge in [0.15, 0.2) is 0 Å². The van der Waals surface area contributed by atoms with Gasteiger partial charge in [-0.25, -0.2) is 8.78 Å². The molecule has 0 saturated carbocycles. The number of halogens is 3. The average molecular weight is 343 g/mol. The van der Waals surface area contributed by atoms with Crippen LogP contribution < -0.4 is 4.74 Å². The van der Waals surface area contributed by atoms with Crippen molar-refractivity contribution in [3.8, 4) is 5.75 Å². The van der Waals surface area contributed by atoms with E-state index < -0.39 is 17.7 Å². The smallest absolute Gasteiger partial charge is 0.132 e. The first-order valence-corrected chi connectivity index (χ1v) is 6.76. The van der Waals surface area contributed by atoms with Crippen molar-refractivity contribution in [2.75, 3.05) is 7.11 Å². The van der Waals surface area contributed by atoms with Crippen molar-refractivity contribution in [2.45, 2.75) is 12.5 Å². The monoisotopic (exact) mass is 342 g/mol. The summed E-state index contributed by atoms with van der Waals surface area (Å²) in [6, 6.07) is 8.63. The van der Waals surface area contributed by atoms with Crippen molar-refractivity contribution in [3.05, 3.63) is 63.6 Å². The predicted octanol–water partition coefficient (Wildman–Crippen LogP) is 4.01. The zero-order valence-corrected chi connectivity index (χ0v) is 12.3. The first kappa shape index (κ1) is 14.9. The molecule has 20 heavy (non-hydrogen) atoms. The Hall–Kier alpha value is -1.46. The van der Waals surface area contributed by atoms with E-state index in [1.807, 2.05) is 0 Å². The Kier molecular flexibility index (Phi) is 4.73. The highest BCUT2D eigenvalue weighted by Gasteiger charge is 2.19. The molecule has 2 aromatic carbocycles. The fraction of sp³-hybridized carbons (Fsp3) is 0.200. The van der Waals surface area contributed by atoms with E-state index in [2.05, 4.69) is 15.9 Å². The molecule has 0 saturated heterocycles. The number of rotatable bonds is 4. The van der Waals surface area contributed by atoms with Crippen LogP contribution in [0, 0.1) is 11.6 Å². The minimum absolute atomic E-state index is 0.0791. The average Bonchev–Trinajstić information content (AvgIpc) is 2.36. The third-order valence-electron chi connectivity index (χ3n) is 2.92. The van der Waals surface area contributed by atoms with Crippen molar-refractivity contribution in [1.82, 2.24) is 0 Å². The summed E-state index contributed by atoms with van der Waals surface area (Å²) in [6.45, 7) is 0. The molecule has 1 unspecified atom stereocenters. The molecule has 0 aliphatic carbocycles. The van der Waals surface area contributed by atoms with Crippen LogP contribution in [0.3, 0.4) is 0 Å². The molecule has 0 fully saturated rings. The summed E-state index contributed by atoms with van der Waals surface area (Å²) >= 11 is 3.18. The van der Waals surface area contributed by atoms with Gasteiger partial charge in [-0.15, -0.1) is 0 Å². The molecule has 2 aromatic rings. The van der Waals surface area contributed by atoms with Crippen LogP contribution in [-0.4, -0.2) is 12.2 Å². The maximum absolute atomic E-state index is 13.8. The quantitative estimate of drug-likeness (QED) is 0.909. The Morgan fingerprint density at radius 2 is 2.00 bits per heavy atom. The Balaban J connectivity index is 2.30. The number of ether oxygens (including phenoxy) is 1. The molecular weight excluding hydrogens is 330 g/mol. The summed E-state index contributed by atoms with van der Waals surface area (Å²) in [6.07, 6.45) is -1.02. The van der Waals surface area contributed by atoms with Crippen LogP contribution in [0.15, 0.2) is 40.9 Å². The fourth-order valence-electron chi connectivity index (χ4n) is 2.07. The van der Waals surface area contributed by atoms with E-state index in [9.17, 15) is 13.9 Å². The van der Waals surface area contributed by atoms with E-state index in [0.717, 1.165) is 0 Å². The van der Waals surface area contributed by atoms with E-state index in [1.54, 1.807) is 12.1 Å². The predicted molar refractivity (Wildman–Crippen MR) is 75.7 cm³/mol. The number of aliphatic hydroxyl groups excluding tert-OH is 1. The Labute approximate surface area is 124 Å². The number of aliphatic hydroxyl groups is 1. The standard InChI is InChI=1S/C15H13BrF2O2/c1-20-14-4-2-3-12(18)15(14)13(19)7-9-5-10(16)8-11(17)6-9/h2-6,8,13,19H,7H2,1H3. The van der Waals surface area contributed by atoms with Crippen LogP contribution in [0.4, 0.5) is 8.78 Å². The molecule has 0 aliphatic heterocycles. The van der Waals surface area contributed by atoms with Gasteiger partial charge in [0, 0.05) is 10.9 Å². The van der Waals surface area contributed by atoms with Crippen LogP contribution in [0.2, 0.25) is 0 Å². The summed E-state index contributed by atoms with van der Waals surface area (Å²) in [5, 5.41) is 10.2. The highest BCUT2D eigenvalue weighted by molar-refractivity contribution is 9.10. The van der Waals surface area contributed by atoms with Gasteiger partial charge in [0.2, 0.25) is 0 Å². The SMILES string of the molecule is COc1cccc(F)c1C(O)Cc1cc(F)cc(Br)c1. The minimum Gasteiger partial charge on any atom is -0.496 e. The lowest BCUT2D eigenvalue weighted by Gasteiger charge is -2.16. The maximum atomic E-state index is 13.8. The van der Waals surface area contributed by atoms with E-state index in [0.29, 0.717) is 10.0 Å². The van der Waals surface area contributed by atoms with Gasteiger partial charge in [0.1, 0.15) is 17.4 Å². The van der Waals surface area contributed by atoms with Gasteiger partial charge in [-0.05, 0) is 35.9 Å². The molecule has 0 amide bonds. The highest BCUT2D eigenvalue weighted by atomic mass is 79.9. The second-order valence-corrected chi connectivity index (χ2v) is 5.27. The van der Waals surface area contributed by atoms with Gasteiger partial charge in [-0.1, -0.05) is 22.0 Å². The van der Waals surface area contributed by atoms with Gasteiger partial charge in [-0.2, -0.15) is 0 Å². The molecular formula is C15H13BrF2O2. The lowest BCUT2D eigenvalue weighted by atomic mass is 10.00. The summed E-state index contributed by atoms with van der Waals surface area (Å²) in [4.78, 5) is 0. The third-order valence-corrected chi connectivity index (χ3v) is 3.38.